The van der Waals surface area contributed by atoms with Crippen molar-refractivity contribution in [2.45, 2.75) is 6.04 Å². The van der Waals surface area contributed by atoms with Crippen LogP contribution in [0, 0.1) is 17.5 Å². The van der Waals surface area contributed by atoms with Crippen LogP contribution >= 0.6 is 11.6 Å². The molecule has 0 saturated carbocycles. The fourth-order valence-electron chi connectivity index (χ4n) is 2.02. The van der Waals surface area contributed by atoms with E-state index in [4.69, 9.17) is 11.6 Å². The summed E-state index contributed by atoms with van der Waals surface area (Å²) in [6, 6.07) is 4.85. The molecule has 0 aliphatic rings. The second kappa shape index (κ2) is 7.35. The van der Waals surface area contributed by atoms with Gasteiger partial charge in [0.2, 0.25) is 5.91 Å². The molecule has 0 heterocycles. The molecule has 4 nitrogen and oxygen atoms in total. The van der Waals surface area contributed by atoms with E-state index in [1.807, 2.05) is 0 Å². The van der Waals surface area contributed by atoms with Crippen molar-refractivity contribution in [2.24, 2.45) is 0 Å². The molecule has 2 aromatic rings. The van der Waals surface area contributed by atoms with Crippen molar-refractivity contribution in [3.63, 3.8) is 0 Å². The van der Waals surface area contributed by atoms with Gasteiger partial charge in [0.05, 0.1) is 5.56 Å². The maximum absolute atomic E-state index is 13.8. The highest BCUT2D eigenvalue weighted by Gasteiger charge is 2.24. The van der Waals surface area contributed by atoms with Gasteiger partial charge in [-0.1, -0.05) is 17.7 Å². The first kappa shape index (κ1) is 17.8. The highest BCUT2D eigenvalue weighted by atomic mass is 35.5. The number of benzene rings is 2. The summed E-state index contributed by atoms with van der Waals surface area (Å²) in [5.74, 6) is -4.72. The molecule has 0 saturated heterocycles. The lowest BCUT2D eigenvalue weighted by atomic mass is 10.0. The molecule has 0 bridgehead atoms. The second-order valence-electron chi connectivity index (χ2n) is 4.82. The van der Waals surface area contributed by atoms with Crippen LogP contribution in [0.1, 0.15) is 22.0 Å². The molecule has 1 atom stereocenters. The Balaban J connectivity index is 2.33. The van der Waals surface area contributed by atoms with Crippen molar-refractivity contribution in [2.75, 3.05) is 7.05 Å². The number of amides is 2. The molecule has 1 unspecified atom stereocenters. The molecular weight excluding hydrogens is 345 g/mol. The zero-order valence-corrected chi connectivity index (χ0v) is 13.1. The molecular formula is C16H12ClF3N2O2. The summed E-state index contributed by atoms with van der Waals surface area (Å²) in [4.78, 5) is 24.1. The van der Waals surface area contributed by atoms with Crippen molar-refractivity contribution < 1.29 is 22.8 Å². The highest BCUT2D eigenvalue weighted by molar-refractivity contribution is 6.30. The van der Waals surface area contributed by atoms with E-state index in [0.29, 0.717) is 0 Å². The molecule has 2 N–H and O–H groups in total. The van der Waals surface area contributed by atoms with Gasteiger partial charge in [0, 0.05) is 12.1 Å². The van der Waals surface area contributed by atoms with E-state index in [9.17, 15) is 22.8 Å². The van der Waals surface area contributed by atoms with Crippen molar-refractivity contribution in [1.82, 2.24) is 10.6 Å². The SMILES string of the molecule is CNC(=O)C(NC(=O)c1ccc(Cl)cc1F)c1ccc(F)c(F)c1. The summed E-state index contributed by atoms with van der Waals surface area (Å²) in [5, 5.41) is 4.68. The summed E-state index contributed by atoms with van der Waals surface area (Å²) in [6.45, 7) is 0. The third-order valence-electron chi connectivity index (χ3n) is 3.24. The maximum Gasteiger partial charge on any atom is 0.255 e. The molecule has 2 rings (SSSR count). The molecule has 0 aromatic heterocycles. The van der Waals surface area contributed by atoms with Gasteiger partial charge in [0.15, 0.2) is 11.6 Å². The molecule has 0 spiro atoms. The van der Waals surface area contributed by atoms with Gasteiger partial charge in [-0.25, -0.2) is 13.2 Å². The van der Waals surface area contributed by atoms with Gasteiger partial charge in [0.1, 0.15) is 11.9 Å². The number of hydrogen-bond acceptors (Lipinski definition) is 2. The Morgan fingerprint density at radius 1 is 1.00 bits per heavy atom. The average molecular weight is 357 g/mol. The predicted molar refractivity (Wildman–Crippen MR) is 82.0 cm³/mol. The monoisotopic (exact) mass is 356 g/mol. The van der Waals surface area contributed by atoms with E-state index in [1.165, 1.54) is 13.1 Å². The molecule has 24 heavy (non-hydrogen) atoms. The maximum atomic E-state index is 13.8. The first-order valence-electron chi connectivity index (χ1n) is 6.76. The van der Waals surface area contributed by atoms with Gasteiger partial charge in [0.25, 0.3) is 5.91 Å². The quantitative estimate of drug-likeness (QED) is 0.885. The van der Waals surface area contributed by atoms with Crippen LogP contribution in [-0.4, -0.2) is 18.9 Å². The zero-order chi connectivity index (χ0) is 17.9. The Hall–Kier alpha value is -2.54. The second-order valence-corrected chi connectivity index (χ2v) is 5.25. The van der Waals surface area contributed by atoms with Crippen LogP contribution in [0.25, 0.3) is 0 Å². The normalized spacial score (nSPS) is 11.7. The number of carbonyl (C=O) groups excluding carboxylic acids is 2. The van der Waals surface area contributed by atoms with Crippen molar-refractivity contribution >= 4 is 23.4 Å². The van der Waals surface area contributed by atoms with E-state index >= 15 is 0 Å². The van der Waals surface area contributed by atoms with Crippen LogP contribution in [0.3, 0.4) is 0 Å². The molecule has 0 radical (unpaired) electrons. The highest BCUT2D eigenvalue weighted by Crippen LogP contribution is 2.19. The molecule has 0 fully saturated rings. The van der Waals surface area contributed by atoms with Crippen LogP contribution < -0.4 is 10.6 Å². The van der Waals surface area contributed by atoms with E-state index in [2.05, 4.69) is 10.6 Å². The summed E-state index contributed by atoms with van der Waals surface area (Å²) < 4.78 is 40.2. The minimum atomic E-state index is -1.33. The minimum Gasteiger partial charge on any atom is -0.357 e. The minimum absolute atomic E-state index is 0.0102. The number of halogens is 4. The smallest absolute Gasteiger partial charge is 0.255 e. The van der Waals surface area contributed by atoms with E-state index < -0.39 is 35.3 Å². The number of carbonyl (C=O) groups is 2. The van der Waals surface area contributed by atoms with Gasteiger partial charge in [-0.15, -0.1) is 0 Å². The Morgan fingerprint density at radius 3 is 2.29 bits per heavy atom. The van der Waals surface area contributed by atoms with Gasteiger partial charge < -0.3 is 10.6 Å². The Morgan fingerprint density at radius 2 is 1.71 bits per heavy atom. The van der Waals surface area contributed by atoms with Gasteiger partial charge in [-0.2, -0.15) is 0 Å². The fourth-order valence-corrected chi connectivity index (χ4v) is 2.18. The summed E-state index contributed by atoms with van der Waals surface area (Å²) in [5.41, 5.74) is -0.327. The van der Waals surface area contributed by atoms with Crippen LogP contribution in [0.15, 0.2) is 36.4 Å². The summed E-state index contributed by atoms with van der Waals surface area (Å²) in [6.07, 6.45) is 0. The first-order chi connectivity index (χ1) is 11.3. The van der Waals surface area contributed by atoms with E-state index in [1.54, 1.807) is 0 Å². The van der Waals surface area contributed by atoms with Crippen LogP contribution in [0.5, 0.6) is 0 Å². The van der Waals surface area contributed by atoms with Gasteiger partial charge >= 0.3 is 0 Å². The molecule has 126 valence electrons. The predicted octanol–water partition coefficient (Wildman–Crippen LogP) is 2.97. The zero-order valence-electron chi connectivity index (χ0n) is 12.4. The van der Waals surface area contributed by atoms with E-state index in [-0.39, 0.29) is 16.1 Å². The van der Waals surface area contributed by atoms with Crippen molar-refractivity contribution in [3.8, 4) is 0 Å². The number of rotatable bonds is 4. The summed E-state index contributed by atoms with van der Waals surface area (Å²) in [7, 11) is 1.31. The number of hydrogen-bond donors (Lipinski definition) is 2. The van der Waals surface area contributed by atoms with Crippen LogP contribution in [0.2, 0.25) is 5.02 Å². The molecule has 0 aliphatic carbocycles. The standard InChI is InChI=1S/C16H12ClF3N2O2/c1-21-16(24)14(8-2-5-11(18)13(20)6-8)22-15(23)10-4-3-9(17)7-12(10)19/h2-7,14H,1H3,(H,21,24)(H,22,23). The molecule has 2 aromatic carbocycles. The van der Waals surface area contributed by atoms with Gasteiger partial charge in [-0.05, 0) is 35.9 Å². The third-order valence-corrected chi connectivity index (χ3v) is 3.47. The lowest BCUT2D eigenvalue weighted by Gasteiger charge is -2.18. The largest absolute Gasteiger partial charge is 0.357 e. The molecule has 2 amide bonds. The lowest BCUT2D eigenvalue weighted by molar-refractivity contribution is -0.122. The van der Waals surface area contributed by atoms with Gasteiger partial charge in [-0.3, -0.25) is 9.59 Å². The number of nitrogens with one attached hydrogen (secondary N) is 2. The van der Waals surface area contributed by atoms with Crippen LogP contribution in [0.4, 0.5) is 13.2 Å². The Bertz CT molecular complexity index is 799. The third kappa shape index (κ3) is 3.86. The number of likely N-dealkylation sites (N-methyl/N-ethyl adjacent to an activating group) is 1. The lowest BCUT2D eigenvalue weighted by Crippen LogP contribution is -2.39. The molecule has 0 aliphatic heterocycles. The fraction of sp³-hybridized carbons (Fsp3) is 0.125. The van der Waals surface area contributed by atoms with Crippen LogP contribution in [-0.2, 0) is 4.79 Å². The Kier molecular flexibility index (Phi) is 5.46. The average Bonchev–Trinajstić information content (AvgIpc) is 2.54. The van der Waals surface area contributed by atoms with E-state index in [0.717, 1.165) is 30.3 Å². The molecule has 8 heteroatoms. The summed E-state index contributed by atoms with van der Waals surface area (Å²) >= 11 is 5.62. The van der Waals surface area contributed by atoms with Crippen molar-refractivity contribution in [3.05, 3.63) is 70.0 Å². The van der Waals surface area contributed by atoms with Crippen molar-refractivity contribution in [1.29, 1.82) is 0 Å². The Labute approximate surface area is 140 Å². The first-order valence-corrected chi connectivity index (χ1v) is 7.13. The topological polar surface area (TPSA) is 58.2 Å².